The van der Waals surface area contributed by atoms with E-state index in [0.717, 1.165) is 5.56 Å². The van der Waals surface area contributed by atoms with Crippen LogP contribution in [0.5, 0.6) is 11.5 Å². The van der Waals surface area contributed by atoms with Crippen LogP contribution in [0.25, 0.3) is 0 Å². The highest BCUT2D eigenvalue weighted by atomic mass is 32.2. The van der Waals surface area contributed by atoms with E-state index in [9.17, 15) is 13.2 Å². The van der Waals surface area contributed by atoms with Crippen LogP contribution in [0.1, 0.15) is 26.3 Å². The van der Waals surface area contributed by atoms with Crippen molar-refractivity contribution in [3.63, 3.8) is 0 Å². The van der Waals surface area contributed by atoms with E-state index in [1.807, 2.05) is 20.8 Å². The van der Waals surface area contributed by atoms with Gasteiger partial charge in [0.2, 0.25) is 15.9 Å². The first-order valence-corrected chi connectivity index (χ1v) is 9.79. The molecule has 1 N–H and O–H groups in total. The third kappa shape index (κ3) is 6.55. The number of hydrogen-bond acceptors (Lipinski definition) is 5. The largest absolute Gasteiger partial charge is 0.493 e. The van der Waals surface area contributed by atoms with E-state index in [4.69, 9.17) is 9.47 Å². The molecule has 0 saturated carbocycles. The fourth-order valence-electron chi connectivity index (χ4n) is 2.53. The Kier molecular flexibility index (Phi) is 7.25. The molecule has 0 atom stereocenters. The molecule has 0 heterocycles. The fraction of sp³-hybridized carbons (Fsp3) is 0.588. The van der Waals surface area contributed by atoms with Crippen molar-refractivity contribution in [3.05, 3.63) is 23.8 Å². The van der Waals surface area contributed by atoms with Crippen LogP contribution < -0.4 is 14.8 Å². The average molecular weight is 372 g/mol. The maximum absolute atomic E-state index is 12.1. The summed E-state index contributed by atoms with van der Waals surface area (Å²) in [6.07, 6.45) is 1.35. The highest BCUT2D eigenvalue weighted by molar-refractivity contribution is 7.88. The summed E-state index contributed by atoms with van der Waals surface area (Å²) in [7, 11) is -0.260. The van der Waals surface area contributed by atoms with Gasteiger partial charge in [-0.15, -0.1) is 0 Å². The van der Waals surface area contributed by atoms with Gasteiger partial charge in [0, 0.05) is 18.6 Å². The zero-order chi connectivity index (χ0) is 19.3. The number of carbonyl (C=O) groups is 1. The number of nitrogens with zero attached hydrogens (tertiary/aromatic N) is 1. The van der Waals surface area contributed by atoms with Crippen molar-refractivity contribution in [2.24, 2.45) is 0 Å². The van der Waals surface area contributed by atoms with Crippen LogP contribution >= 0.6 is 0 Å². The Bertz CT molecular complexity index is 695. The number of ether oxygens (including phenoxy) is 2. The predicted octanol–water partition coefficient (Wildman–Crippen LogP) is 1.42. The second-order valence-corrected chi connectivity index (χ2v) is 8.63. The third-order valence-corrected chi connectivity index (χ3v) is 5.13. The Balaban J connectivity index is 2.63. The Labute approximate surface area is 150 Å². The van der Waals surface area contributed by atoms with Crippen LogP contribution in [0.3, 0.4) is 0 Å². The van der Waals surface area contributed by atoms with E-state index in [1.165, 1.54) is 17.7 Å². The van der Waals surface area contributed by atoms with Gasteiger partial charge < -0.3 is 14.8 Å². The van der Waals surface area contributed by atoms with Crippen molar-refractivity contribution >= 4 is 15.9 Å². The predicted molar refractivity (Wildman–Crippen MR) is 97.6 cm³/mol. The van der Waals surface area contributed by atoms with Crippen LogP contribution in [0, 0.1) is 0 Å². The van der Waals surface area contributed by atoms with E-state index >= 15 is 0 Å². The summed E-state index contributed by atoms with van der Waals surface area (Å²) < 4.78 is 35.5. The second-order valence-electron chi connectivity index (χ2n) is 6.72. The highest BCUT2D eigenvalue weighted by Crippen LogP contribution is 2.27. The molecule has 0 fully saturated rings. The van der Waals surface area contributed by atoms with Crippen molar-refractivity contribution in [2.75, 3.05) is 33.6 Å². The Hall–Kier alpha value is -1.80. The van der Waals surface area contributed by atoms with E-state index in [0.29, 0.717) is 11.5 Å². The van der Waals surface area contributed by atoms with Crippen LogP contribution in [0.15, 0.2) is 18.2 Å². The van der Waals surface area contributed by atoms with Crippen LogP contribution in [-0.2, 0) is 21.2 Å². The van der Waals surface area contributed by atoms with E-state index in [1.54, 1.807) is 25.3 Å². The number of methoxy groups -OCH3 is 2. The lowest BCUT2D eigenvalue weighted by Crippen LogP contribution is -2.48. The first kappa shape index (κ1) is 21.2. The number of rotatable bonds is 8. The van der Waals surface area contributed by atoms with Crippen molar-refractivity contribution in [2.45, 2.75) is 32.7 Å². The molecule has 1 aromatic carbocycles. The number of sulfonamides is 1. The minimum atomic E-state index is -3.34. The van der Waals surface area contributed by atoms with Crippen LogP contribution in [0.2, 0.25) is 0 Å². The molecule has 1 amide bonds. The zero-order valence-electron chi connectivity index (χ0n) is 15.8. The first-order chi connectivity index (χ1) is 11.5. The number of amides is 1. The molecule has 0 aliphatic rings. The minimum absolute atomic E-state index is 0.175. The van der Waals surface area contributed by atoms with Gasteiger partial charge in [-0.25, -0.2) is 8.42 Å². The van der Waals surface area contributed by atoms with Gasteiger partial charge in [-0.05, 0) is 38.5 Å². The van der Waals surface area contributed by atoms with E-state index in [2.05, 4.69) is 5.32 Å². The van der Waals surface area contributed by atoms with Gasteiger partial charge in [-0.2, -0.15) is 4.31 Å². The lowest BCUT2D eigenvalue weighted by atomic mass is 10.1. The molecule has 0 unspecified atom stereocenters. The Morgan fingerprint density at radius 2 is 1.76 bits per heavy atom. The second kappa shape index (κ2) is 8.53. The SMILES string of the molecule is COc1ccc(CC(=O)NCCN(C(C)(C)C)S(C)(=O)=O)cc1OC. The molecule has 25 heavy (non-hydrogen) atoms. The van der Waals surface area contributed by atoms with Crippen molar-refractivity contribution in [1.82, 2.24) is 9.62 Å². The molecule has 0 aromatic heterocycles. The monoisotopic (exact) mass is 372 g/mol. The molecular weight excluding hydrogens is 344 g/mol. The van der Waals surface area contributed by atoms with Crippen molar-refractivity contribution in [1.29, 1.82) is 0 Å². The van der Waals surface area contributed by atoms with Gasteiger partial charge in [0.15, 0.2) is 11.5 Å². The Morgan fingerprint density at radius 1 is 1.16 bits per heavy atom. The summed E-state index contributed by atoms with van der Waals surface area (Å²) in [6, 6.07) is 5.28. The van der Waals surface area contributed by atoms with Crippen molar-refractivity contribution in [3.8, 4) is 11.5 Å². The maximum Gasteiger partial charge on any atom is 0.224 e. The molecule has 1 aromatic rings. The summed E-state index contributed by atoms with van der Waals surface area (Å²) in [5, 5.41) is 2.75. The van der Waals surface area contributed by atoms with Gasteiger partial charge in [-0.1, -0.05) is 6.07 Å². The van der Waals surface area contributed by atoms with Crippen LogP contribution in [0.4, 0.5) is 0 Å². The van der Waals surface area contributed by atoms with Gasteiger partial charge in [-0.3, -0.25) is 4.79 Å². The van der Waals surface area contributed by atoms with E-state index < -0.39 is 15.6 Å². The molecule has 7 nitrogen and oxygen atoms in total. The van der Waals surface area contributed by atoms with Gasteiger partial charge in [0.05, 0.1) is 26.9 Å². The summed E-state index contributed by atoms with van der Waals surface area (Å²) in [4.78, 5) is 12.1. The lowest BCUT2D eigenvalue weighted by molar-refractivity contribution is -0.120. The van der Waals surface area contributed by atoms with Crippen LogP contribution in [-0.4, -0.2) is 57.7 Å². The smallest absolute Gasteiger partial charge is 0.224 e. The normalized spacial score (nSPS) is 12.1. The fourth-order valence-corrected chi connectivity index (χ4v) is 3.95. The molecule has 0 aliphatic heterocycles. The number of benzene rings is 1. The highest BCUT2D eigenvalue weighted by Gasteiger charge is 2.28. The van der Waals surface area contributed by atoms with Gasteiger partial charge in [0.1, 0.15) is 0 Å². The molecule has 0 bridgehead atoms. The number of carbonyl (C=O) groups excluding carboxylic acids is 1. The average Bonchev–Trinajstić information content (AvgIpc) is 2.48. The van der Waals surface area contributed by atoms with Gasteiger partial charge in [0.25, 0.3) is 0 Å². The quantitative estimate of drug-likeness (QED) is 0.746. The van der Waals surface area contributed by atoms with Crippen molar-refractivity contribution < 1.29 is 22.7 Å². The number of nitrogens with one attached hydrogen (secondary N) is 1. The summed E-state index contributed by atoms with van der Waals surface area (Å²) in [5.41, 5.74) is 0.243. The molecule has 0 saturated heterocycles. The van der Waals surface area contributed by atoms with Gasteiger partial charge >= 0.3 is 0 Å². The molecule has 0 spiro atoms. The molecular formula is C17H28N2O5S. The molecule has 142 valence electrons. The summed E-state index contributed by atoms with van der Waals surface area (Å²) in [5.74, 6) is 0.971. The first-order valence-electron chi connectivity index (χ1n) is 7.94. The zero-order valence-corrected chi connectivity index (χ0v) is 16.6. The minimum Gasteiger partial charge on any atom is -0.493 e. The summed E-state index contributed by atoms with van der Waals surface area (Å²) >= 11 is 0. The molecule has 0 aliphatic carbocycles. The molecule has 0 radical (unpaired) electrons. The lowest BCUT2D eigenvalue weighted by Gasteiger charge is -2.33. The molecule has 1 rings (SSSR count). The molecule has 8 heteroatoms. The number of hydrogen-bond donors (Lipinski definition) is 1. The third-order valence-electron chi connectivity index (χ3n) is 3.60. The Morgan fingerprint density at radius 3 is 2.24 bits per heavy atom. The topological polar surface area (TPSA) is 84.9 Å². The van der Waals surface area contributed by atoms with E-state index in [-0.39, 0.29) is 25.4 Å². The standard InChI is InChI=1S/C17H28N2O5S/c1-17(2,3)19(25(6,21)22)10-9-18-16(20)12-13-7-8-14(23-4)15(11-13)24-5/h7-8,11H,9-10,12H2,1-6H3,(H,18,20). The summed E-state index contributed by atoms with van der Waals surface area (Å²) in [6.45, 7) is 5.93. The maximum atomic E-state index is 12.1.